The van der Waals surface area contributed by atoms with Gasteiger partial charge in [0.2, 0.25) is 0 Å². The Bertz CT molecular complexity index is 2000. The van der Waals surface area contributed by atoms with Crippen LogP contribution in [0.2, 0.25) is 0 Å². The summed E-state index contributed by atoms with van der Waals surface area (Å²) in [5.74, 6) is 0. The van der Waals surface area contributed by atoms with Gasteiger partial charge in [0.15, 0.2) is 0 Å². The maximum absolute atomic E-state index is 3.80. The van der Waals surface area contributed by atoms with Crippen molar-refractivity contribution in [1.29, 1.82) is 0 Å². The van der Waals surface area contributed by atoms with Crippen LogP contribution in [0.4, 0.5) is 22.7 Å². The van der Waals surface area contributed by atoms with Crippen LogP contribution in [0.15, 0.2) is 153 Å². The maximum atomic E-state index is 3.80. The molecule has 0 atom stereocenters. The molecule has 2 aliphatic rings. The Hall–Kier alpha value is -4.64. The molecule has 0 fully saturated rings. The van der Waals surface area contributed by atoms with E-state index in [9.17, 15) is 0 Å². The van der Waals surface area contributed by atoms with Gasteiger partial charge in [-0.3, -0.25) is 0 Å². The van der Waals surface area contributed by atoms with Crippen molar-refractivity contribution in [3.05, 3.63) is 133 Å². The van der Waals surface area contributed by atoms with E-state index < -0.39 is 0 Å². The Morgan fingerprint density at radius 3 is 1.12 bits per heavy atom. The van der Waals surface area contributed by atoms with E-state index in [2.05, 4.69) is 144 Å². The quantitative estimate of drug-likeness (QED) is 0.201. The average Bonchev–Trinajstić information content (AvgIpc) is 3.05. The van der Waals surface area contributed by atoms with Crippen molar-refractivity contribution in [2.24, 2.45) is 0 Å². The third-order valence-electron chi connectivity index (χ3n) is 8.26. The Morgan fingerprint density at radius 1 is 0.333 bits per heavy atom. The van der Waals surface area contributed by atoms with E-state index in [-0.39, 0.29) is 0 Å². The summed E-state index contributed by atoms with van der Waals surface area (Å²) in [6, 6.07) is 48.3. The number of fused-ring (bicyclic) bond motifs is 6. The van der Waals surface area contributed by atoms with Gasteiger partial charge in [0.05, 0.1) is 22.7 Å². The maximum Gasteiger partial charge on any atom is 0.0606 e. The summed E-state index contributed by atoms with van der Waals surface area (Å²) in [5.41, 5.74) is 9.67. The van der Waals surface area contributed by atoms with E-state index >= 15 is 0 Å². The first-order valence-electron chi connectivity index (χ1n) is 14.1. The lowest BCUT2D eigenvalue weighted by Gasteiger charge is -2.27. The van der Waals surface area contributed by atoms with Crippen LogP contribution in [0.1, 0.15) is 0 Å². The molecule has 0 unspecified atom stereocenters. The van der Waals surface area contributed by atoms with Gasteiger partial charge in [0.25, 0.3) is 0 Å². The van der Waals surface area contributed by atoms with Crippen molar-refractivity contribution in [3.63, 3.8) is 0 Å². The summed E-state index contributed by atoms with van der Waals surface area (Å²) < 4.78 is 0. The summed E-state index contributed by atoms with van der Waals surface area (Å²) >= 11 is 3.68. The van der Waals surface area contributed by atoms with Crippen LogP contribution < -0.4 is 10.6 Å². The molecular weight excluding hydrogens is 549 g/mol. The van der Waals surface area contributed by atoms with E-state index in [0.717, 1.165) is 11.4 Å². The number of benzene rings is 7. The van der Waals surface area contributed by atoms with Gasteiger partial charge in [-0.2, -0.15) is 0 Å². The molecule has 198 valence electrons. The molecule has 0 spiro atoms. The number of hydrogen-bond acceptors (Lipinski definition) is 4. The van der Waals surface area contributed by atoms with Gasteiger partial charge in [0, 0.05) is 30.7 Å². The smallest absolute Gasteiger partial charge is 0.0606 e. The summed E-state index contributed by atoms with van der Waals surface area (Å²) in [6.45, 7) is 0. The van der Waals surface area contributed by atoms with Crippen LogP contribution in [-0.4, -0.2) is 0 Å². The largest absolute Gasteiger partial charge is 0.353 e. The first-order chi connectivity index (χ1) is 20.8. The molecular formula is C38H24N2S2. The molecule has 2 nitrogen and oxygen atoms in total. The first kappa shape index (κ1) is 24.0. The summed E-state index contributed by atoms with van der Waals surface area (Å²) in [5, 5.41) is 12.6. The van der Waals surface area contributed by atoms with Crippen LogP contribution in [0, 0.1) is 0 Å². The Balaban J connectivity index is 1.33. The van der Waals surface area contributed by atoms with Crippen LogP contribution in [0.5, 0.6) is 0 Å². The zero-order valence-electron chi connectivity index (χ0n) is 22.5. The molecule has 0 radical (unpaired) electrons. The topological polar surface area (TPSA) is 24.1 Å². The van der Waals surface area contributed by atoms with Crippen molar-refractivity contribution in [1.82, 2.24) is 0 Å². The number of rotatable bonds is 2. The Labute approximate surface area is 252 Å². The molecule has 9 rings (SSSR count). The first-order valence-corrected chi connectivity index (χ1v) is 15.7. The molecule has 42 heavy (non-hydrogen) atoms. The molecule has 0 saturated carbocycles. The van der Waals surface area contributed by atoms with Crippen molar-refractivity contribution < 1.29 is 0 Å². The monoisotopic (exact) mass is 572 g/mol. The normalized spacial score (nSPS) is 13.0. The molecule has 2 heterocycles. The van der Waals surface area contributed by atoms with Gasteiger partial charge in [0.1, 0.15) is 0 Å². The van der Waals surface area contributed by atoms with Crippen molar-refractivity contribution in [3.8, 4) is 22.3 Å². The molecule has 2 aliphatic heterocycles. The minimum absolute atomic E-state index is 1.16. The molecule has 0 saturated heterocycles. The van der Waals surface area contributed by atoms with Gasteiger partial charge in [-0.1, -0.05) is 121 Å². The van der Waals surface area contributed by atoms with Gasteiger partial charge >= 0.3 is 0 Å². The number of anilines is 4. The summed E-state index contributed by atoms with van der Waals surface area (Å²) in [6.07, 6.45) is 0. The molecule has 0 amide bonds. The highest BCUT2D eigenvalue weighted by Crippen LogP contribution is 2.54. The van der Waals surface area contributed by atoms with Crippen molar-refractivity contribution in [2.75, 3.05) is 10.6 Å². The zero-order chi connectivity index (χ0) is 27.6. The minimum Gasteiger partial charge on any atom is -0.353 e. The standard InChI is InChI=1S/C38H24N2S2/c1-2-12-24-23(11-1)35(27-15-9-21-33-37(27)39-29-17-5-7-19-31(29)41-33)25-13-3-4-14-26(25)36(24)28-16-10-22-34-38(28)40-30-18-6-8-20-32(30)42-34/h1-22,39-40H. The number of para-hydroxylation sites is 4. The van der Waals surface area contributed by atoms with Crippen molar-refractivity contribution in [2.45, 2.75) is 19.6 Å². The molecule has 0 aromatic heterocycles. The van der Waals surface area contributed by atoms with Crippen LogP contribution in [0.25, 0.3) is 43.8 Å². The number of nitrogens with one attached hydrogen (secondary N) is 2. The second-order valence-electron chi connectivity index (χ2n) is 10.6. The second kappa shape index (κ2) is 9.45. The number of hydrogen-bond donors (Lipinski definition) is 2. The van der Waals surface area contributed by atoms with Gasteiger partial charge in [-0.15, -0.1) is 0 Å². The predicted octanol–water partition coefficient (Wildman–Crippen LogP) is 11.7. The second-order valence-corrected chi connectivity index (χ2v) is 12.8. The lowest BCUT2D eigenvalue weighted by molar-refractivity contribution is 1.32. The zero-order valence-corrected chi connectivity index (χ0v) is 24.2. The Kier molecular flexibility index (Phi) is 5.40. The summed E-state index contributed by atoms with van der Waals surface area (Å²) in [4.78, 5) is 5.02. The highest BCUT2D eigenvalue weighted by molar-refractivity contribution is 8.00. The lowest BCUT2D eigenvalue weighted by atomic mass is 9.85. The lowest BCUT2D eigenvalue weighted by Crippen LogP contribution is -2.03. The summed E-state index contributed by atoms with van der Waals surface area (Å²) in [7, 11) is 0. The fourth-order valence-electron chi connectivity index (χ4n) is 6.44. The highest BCUT2D eigenvalue weighted by atomic mass is 32.2. The minimum atomic E-state index is 1.16. The van der Waals surface area contributed by atoms with Crippen LogP contribution >= 0.6 is 23.5 Å². The average molecular weight is 573 g/mol. The van der Waals surface area contributed by atoms with E-state index in [1.807, 2.05) is 23.5 Å². The molecule has 0 bridgehead atoms. The van der Waals surface area contributed by atoms with Gasteiger partial charge in [-0.05, 0) is 69.1 Å². The third kappa shape index (κ3) is 3.62. The van der Waals surface area contributed by atoms with E-state index in [1.54, 1.807) is 0 Å². The highest BCUT2D eigenvalue weighted by Gasteiger charge is 2.25. The fraction of sp³-hybridized carbons (Fsp3) is 0. The van der Waals surface area contributed by atoms with Gasteiger partial charge < -0.3 is 10.6 Å². The van der Waals surface area contributed by atoms with E-state index in [4.69, 9.17) is 0 Å². The molecule has 4 heteroatoms. The molecule has 0 aliphatic carbocycles. The van der Waals surface area contributed by atoms with E-state index in [1.165, 1.54) is 74.8 Å². The Morgan fingerprint density at radius 2 is 0.690 bits per heavy atom. The SMILES string of the molecule is c1ccc2c(c1)Nc1c(cccc1-c1c3ccccc3c(-c3cccc4c3Nc3ccccc3S4)c3ccccc13)S2. The van der Waals surface area contributed by atoms with Crippen LogP contribution in [0.3, 0.4) is 0 Å². The fourth-order valence-corrected chi connectivity index (χ4v) is 8.48. The van der Waals surface area contributed by atoms with Crippen molar-refractivity contribution >= 4 is 67.8 Å². The molecule has 7 aromatic rings. The van der Waals surface area contributed by atoms with Gasteiger partial charge in [-0.25, -0.2) is 0 Å². The molecule has 2 N–H and O–H groups in total. The van der Waals surface area contributed by atoms with E-state index in [0.29, 0.717) is 0 Å². The third-order valence-corrected chi connectivity index (χ3v) is 10.5. The van der Waals surface area contributed by atoms with Crippen LogP contribution in [-0.2, 0) is 0 Å². The molecule has 7 aromatic carbocycles. The predicted molar refractivity (Wildman–Crippen MR) is 180 cm³/mol.